The fourth-order valence-corrected chi connectivity index (χ4v) is 5.32. The number of carbonyl (C=O) groups excluding carboxylic acids is 3. The maximum absolute atomic E-state index is 12.1. The van der Waals surface area contributed by atoms with E-state index in [4.69, 9.17) is 30.5 Å². The van der Waals surface area contributed by atoms with Gasteiger partial charge in [-0.3, -0.25) is 19.3 Å². The van der Waals surface area contributed by atoms with Gasteiger partial charge in [0.15, 0.2) is 18.3 Å². The molecule has 2 aliphatic heterocycles. The summed E-state index contributed by atoms with van der Waals surface area (Å²) in [5.41, 5.74) is 4.22. The van der Waals surface area contributed by atoms with Gasteiger partial charge in [-0.2, -0.15) is 0 Å². The summed E-state index contributed by atoms with van der Waals surface area (Å²) in [6, 6.07) is 13.9. The molecule has 198 valence electrons. The Morgan fingerprint density at radius 3 is 2.03 bits per heavy atom. The minimum absolute atomic E-state index is 0.478. The van der Waals surface area contributed by atoms with Gasteiger partial charge in [-0.05, 0) is 34.7 Å². The Kier molecular flexibility index (Phi) is 8.52. The molecule has 1 fully saturated rings. The molecule has 2 aromatic rings. The van der Waals surface area contributed by atoms with Crippen LogP contribution in [0.25, 0.3) is 0 Å². The molecule has 9 heteroatoms. The zero-order chi connectivity index (χ0) is 26.7. The van der Waals surface area contributed by atoms with Crippen molar-refractivity contribution in [3.8, 4) is 0 Å². The summed E-state index contributed by atoms with van der Waals surface area (Å²) < 4.78 is 23.1. The minimum Gasteiger partial charge on any atom is -0.456 e. The van der Waals surface area contributed by atoms with E-state index >= 15 is 0 Å². The van der Waals surface area contributed by atoms with Crippen LogP contribution in [0.4, 0.5) is 0 Å². The minimum atomic E-state index is -1.04. The molecule has 0 amide bonds. The Bertz CT molecular complexity index is 1140. The van der Waals surface area contributed by atoms with Crippen LogP contribution >= 0.6 is 11.6 Å². The highest BCUT2D eigenvalue weighted by molar-refractivity contribution is 6.31. The Hall–Kier alpha value is -2.94. The second-order valence-electron chi connectivity index (χ2n) is 9.49. The van der Waals surface area contributed by atoms with E-state index in [-0.39, 0.29) is 0 Å². The quantitative estimate of drug-likeness (QED) is 0.382. The molecular formula is C28H32ClNO7. The number of ether oxygens (including phenoxy) is 4. The zero-order valence-corrected chi connectivity index (χ0v) is 22.2. The number of hydrogen-bond donors (Lipinski definition) is 0. The number of nitrogens with zero attached hydrogens (tertiary/aromatic N) is 1. The number of rotatable bonds is 7. The van der Waals surface area contributed by atoms with E-state index in [1.165, 1.54) is 31.9 Å². The first-order chi connectivity index (χ1) is 17.7. The van der Waals surface area contributed by atoms with Crippen LogP contribution in [0.15, 0.2) is 42.5 Å². The third-order valence-corrected chi connectivity index (χ3v) is 7.01. The monoisotopic (exact) mass is 529 g/mol. The lowest BCUT2D eigenvalue weighted by atomic mass is 9.89. The molecule has 1 saturated heterocycles. The SMILES string of the molecule is CC[C@H]1O[C@@H](c2ccc(Cl)c(CN3Cc4ccccc4C3)c2)[C@H](OC(C)=O)[C@@H](OC(C)=O)[C@@H]1OC(C)=O. The summed E-state index contributed by atoms with van der Waals surface area (Å²) in [5.74, 6) is -1.71. The van der Waals surface area contributed by atoms with E-state index < -0.39 is 48.4 Å². The summed E-state index contributed by atoms with van der Waals surface area (Å²) in [6.07, 6.45) is -3.87. The molecule has 0 radical (unpaired) electrons. The Morgan fingerprint density at radius 2 is 1.46 bits per heavy atom. The van der Waals surface area contributed by atoms with Gasteiger partial charge in [-0.1, -0.05) is 54.9 Å². The molecule has 0 bridgehead atoms. The van der Waals surface area contributed by atoms with E-state index in [2.05, 4.69) is 17.0 Å². The summed E-state index contributed by atoms with van der Waals surface area (Å²) in [4.78, 5) is 38.3. The molecule has 8 nitrogen and oxygen atoms in total. The Balaban J connectivity index is 1.66. The van der Waals surface area contributed by atoms with Crippen LogP contribution in [0.5, 0.6) is 0 Å². The first-order valence-corrected chi connectivity index (χ1v) is 12.8. The normalized spacial score (nSPS) is 25.3. The predicted octanol–water partition coefficient (Wildman–Crippen LogP) is 4.50. The largest absolute Gasteiger partial charge is 0.456 e. The zero-order valence-electron chi connectivity index (χ0n) is 21.4. The highest BCUT2D eigenvalue weighted by Crippen LogP contribution is 2.39. The van der Waals surface area contributed by atoms with Gasteiger partial charge < -0.3 is 18.9 Å². The molecule has 5 atom stereocenters. The second kappa shape index (κ2) is 11.6. The molecule has 0 N–H and O–H groups in total. The van der Waals surface area contributed by atoms with Crippen molar-refractivity contribution in [1.82, 2.24) is 4.90 Å². The molecule has 0 aromatic heterocycles. The van der Waals surface area contributed by atoms with Crippen LogP contribution in [-0.4, -0.2) is 47.2 Å². The third kappa shape index (κ3) is 6.32. The van der Waals surface area contributed by atoms with Gasteiger partial charge in [0, 0.05) is 45.4 Å². The third-order valence-electron chi connectivity index (χ3n) is 6.64. The summed E-state index contributed by atoms with van der Waals surface area (Å²) in [6.45, 7) is 7.95. The highest BCUT2D eigenvalue weighted by atomic mass is 35.5. The first-order valence-electron chi connectivity index (χ1n) is 12.4. The number of esters is 3. The fourth-order valence-electron chi connectivity index (χ4n) is 5.14. The Morgan fingerprint density at radius 1 is 0.892 bits per heavy atom. The maximum Gasteiger partial charge on any atom is 0.303 e. The van der Waals surface area contributed by atoms with Crippen LogP contribution in [0.1, 0.15) is 62.5 Å². The van der Waals surface area contributed by atoms with Gasteiger partial charge in [0.05, 0.1) is 6.10 Å². The molecule has 4 rings (SSSR count). The molecule has 2 heterocycles. The van der Waals surface area contributed by atoms with Gasteiger partial charge in [0.1, 0.15) is 6.10 Å². The van der Waals surface area contributed by atoms with Crippen LogP contribution < -0.4 is 0 Å². The van der Waals surface area contributed by atoms with Gasteiger partial charge >= 0.3 is 17.9 Å². The van der Waals surface area contributed by atoms with Crippen molar-refractivity contribution in [2.24, 2.45) is 0 Å². The lowest BCUT2D eigenvalue weighted by Gasteiger charge is -2.45. The summed E-state index contributed by atoms with van der Waals surface area (Å²) in [7, 11) is 0. The van der Waals surface area contributed by atoms with Crippen molar-refractivity contribution in [3.05, 3.63) is 69.7 Å². The van der Waals surface area contributed by atoms with Crippen LogP contribution in [0.2, 0.25) is 5.02 Å². The molecule has 37 heavy (non-hydrogen) atoms. The van der Waals surface area contributed by atoms with E-state index in [0.717, 1.165) is 24.2 Å². The molecule has 0 unspecified atom stereocenters. The molecular weight excluding hydrogens is 498 g/mol. The average molecular weight is 530 g/mol. The van der Waals surface area contributed by atoms with Crippen molar-refractivity contribution >= 4 is 29.5 Å². The Labute approximate surface area is 221 Å². The van der Waals surface area contributed by atoms with Gasteiger partial charge in [-0.25, -0.2) is 0 Å². The van der Waals surface area contributed by atoms with Crippen molar-refractivity contribution in [2.45, 2.75) is 84.3 Å². The summed E-state index contributed by atoms with van der Waals surface area (Å²) >= 11 is 6.60. The fraction of sp³-hybridized carbons (Fsp3) is 0.464. The summed E-state index contributed by atoms with van der Waals surface area (Å²) in [5, 5.41) is 0.612. The number of hydrogen-bond acceptors (Lipinski definition) is 8. The van der Waals surface area contributed by atoms with E-state index in [0.29, 0.717) is 18.0 Å². The number of carbonyl (C=O) groups is 3. The van der Waals surface area contributed by atoms with E-state index in [1.54, 1.807) is 6.07 Å². The smallest absolute Gasteiger partial charge is 0.303 e. The standard InChI is InChI=1S/C28H32ClNO7/c1-5-24-26(34-16(2)31)28(36-18(4)33)27(35-17(3)32)25(37-24)19-10-11-23(29)22(12-19)15-30-13-20-8-6-7-9-21(20)14-30/h6-12,24-28H,5,13-15H2,1-4H3/t24-,25+,26-,27+,28+/m1/s1. The second-order valence-corrected chi connectivity index (χ2v) is 9.90. The number of halogens is 1. The molecule has 2 aromatic carbocycles. The highest BCUT2D eigenvalue weighted by Gasteiger charge is 2.51. The predicted molar refractivity (Wildman–Crippen MR) is 135 cm³/mol. The maximum atomic E-state index is 12.1. The van der Waals surface area contributed by atoms with E-state index in [9.17, 15) is 14.4 Å². The molecule has 0 spiro atoms. The van der Waals surface area contributed by atoms with Gasteiger partial charge in [0.2, 0.25) is 0 Å². The lowest BCUT2D eigenvalue weighted by Crippen LogP contribution is -2.58. The molecule has 0 aliphatic carbocycles. The van der Waals surface area contributed by atoms with Crippen LogP contribution in [0.3, 0.4) is 0 Å². The van der Waals surface area contributed by atoms with Crippen LogP contribution in [-0.2, 0) is 53.0 Å². The number of fused-ring (bicyclic) bond motifs is 1. The molecule has 0 saturated carbocycles. The number of benzene rings is 2. The van der Waals surface area contributed by atoms with Gasteiger partial charge in [-0.15, -0.1) is 0 Å². The first kappa shape index (κ1) is 27.1. The van der Waals surface area contributed by atoms with Gasteiger partial charge in [0.25, 0.3) is 0 Å². The van der Waals surface area contributed by atoms with Crippen molar-refractivity contribution in [2.75, 3.05) is 0 Å². The van der Waals surface area contributed by atoms with Crippen molar-refractivity contribution in [3.63, 3.8) is 0 Å². The van der Waals surface area contributed by atoms with E-state index in [1.807, 2.05) is 31.2 Å². The van der Waals surface area contributed by atoms with Crippen molar-refractivity contribution in [1.29, 1.82) is 0 Å². The van der Waals surface area contributed by atoms with Crippen molar-refractivity contribution < 1.29 is 33.3 Å². The topological polar surface area (TPSA) is 91.4 Å². The average Bonchev–Trinajstić information content (AvgIpc) is 3.24. The molecule has 2 aliphatic rings. The lowest BCUT2D eigenvalue weighted by molar-refractivity contribution is -0.249. The van der Waals surface area contributed by atoms with Crippen LogP contribution in [0, 0.1) is 0 Å².